The van der Waals surface area contributed by atoms with Crippen LogP contribution in [0.25, 0.3) is 0 Å². The van der Waals surface area contributed by atoms with Gasteiger partial charge in [0.2, 0.25) is 0 Å². The van der Waals surface area contributed by atoms with Crippen molar-refractivity contribution >= 4 is 35.6 Å². The zero-order chi connectivity index (χ0) is 41.3. The third-order valence-electron chi connectivity index (χ3n) is 15.5. The van der Waals surface area contributed by atoms with Gasteiger partial charge in [0.1, 0.15) is 0 Å². The normalized spacial score (nSPS) is 29.1. The molecule has 4 aliphatic rings. The van der Waals surface area contributed by atoms with Gasteiger partial charge in [-0.3, -0.25) is 9.98 Å². The summed E-state index contributed by atoms with van der Waals surface area (Å²) >= 11 is 12.0. The molecule has 6 atom stereocenters. The predicted molar refractivity (Wildman–Crippen MR) is 251 cm³/mol. The topological polar surface area (TPSA) is 24.7 Å². The average Bonchev–Trinajstić information content (AvgIpc) is 3.19. The molecule has 0 aliphatic heterocycles. The maximum atomic E-state index is 6.00. The van der Waals surface area contributed by atoms with E-state index in [2.05, 4.69) is 91.8 Å². The van der Waals surface area contributed by atoms with Crippen molar-refractivity contribution in [1.29, 1.82) is 0 Å². The lowest BCUT2D eigenvalue weighted by Crippen LogP contribution is -2.50. The van der Waals surface area contributed by atoms with Gasteiger partial charge in [-0.2, -0.15) is 0 Å². The summed E-state index contributed by atoms with van der Waals surface area (Å²) in [6, 6.07) is 30.6. The van der Waals surface area contributed by atoms with Crippen LogP contribution in [0.1, 0.15) is 163 Å². The van der Waals surface area contributed by atoms with E-state index >= 15 is 0 Å². The molecular formula is C54H68Cl2N2. The first-order chi connectivity index (χ1) is 27.6. The van der Waals surface area contributed by atoms with Crippen LogP contribution < -0.4 is 0 Å². The van der Waals surface area contributed by atoms with Crippen LogP contribution in [0, 0.1) is 22.7 Å². The molecule has 0 radical (unpaired) electrons. The van der Waals surface area contributed by atoms with Crippen molar-refractivity contribution in [2.75, 3.05) is 13.1 Å². The molecule has 4 aromatic rings. The Morgan fingerprint density at radius 3 is 1.29 bits per heavy atom. The highest BCUT2D eigenvalue weighted by molar-refractivity contribution is 6.30. The van der Waals surface area contributed by atoms with E-state index in [1.54, 1.807) is 22.3 Å². The van der Waals surface area contributed by atoms with E-state index in [9.17, 15) is 0 Å². The molecule has 0 amide bonds. The number of aryl methyl sites for hydroxylation is 2. The van der Waals surface area contributed by atoms with Crippen molar-refractivity contribution in [2.24, 2.45) is 32.7 Å². The highest BCUT2D eigenvalue weighted by atomic mass is 35.5. The Bertz CT molecular complexity index is 1950. The van der Waals surface area contributed by atoms with Crippen LogP contribution in [0.3, 0.4) is 0 Å². The quantitative estimate of drug-likeness (QED) is 0.158. The van der Waals surface area contributed by atoms with Crippen LogP contribution in [0.2, 0.25) is 10.0 Å². The Kier molecular flexibility index (Phi) is 12.9. The second-order valence-electron chi connectivity index (χ2n) is 20.2. The Morgan fingerprint density at radius 2 is 0.931 bits per heavy atom. The largest absolute Gasteiger partial charge is 0.292 e. The number of aliphatic imine (C=N–C) groups is 2. The second kappa shape index (κ2) is 17.4. The van der Waals surface area contributed by atoms with Crippen molar-refractivity contribution in [1.82, 2.24) is 0 Å². The minimum Gasteiger partial charge on any atom is -0.292 e. The highest BCUT2D eigenvalue weighted by Crippen LogP contribution is 2.59. The monoisotopic (exact) mass is 814 g/mol. The van der Waals surface area contributed by atoms with Gasteiger partial charge in [0.15, 0.2) is 0 Å². The summed E-state index contributed by atoms with van der Waals surface area (Å²) in [5, 5.41) is 1.55. The molecule has 308 valence electrons. The second-order valence-corrected chi connectivity index (χ2v) is 21.1. The van der Waals surface area contributed by atoms with Gasteiger partial charge in [-0.1, -0.05) is 152 Å². The van der Waals surface area contributed by atoms with Gasteiger partial charge in [0.25, 0.3) is 0 Å². The fourth-order valence-corrected chi connectivity index (χ4v) is 12.5. The summed E-state index contributed by atoms with van der Waals surface area (Å²) in [5.41, 5.74) is 12.8. The number of fused-ring (bicyclic) bond motifs is 6. The van der Waals surface area contributed by atoms with Gasteiger partial charge < -0.3 is 0 Å². The molecule has 0 spiro atoms. The van der Waals surface area contributed by atoms with Gasteiger partial charge in [-0.15, -0.1) is 0 Å². The van der Waals surface area contributed by atoms with Crippen molar-refractivity contribution in [2.45, 2.75) is 142 Å². The summed E-state index contributed by atoms with van der Waals surface area (Å²) in [5.74, 6) is 2.60. The first-order valence-electron chi connectivity index (χ1n) is 22.4. The number of nitrogens with zero attached hydrogens (tertiary/aromatic N) is 2. The molecule has 0 N–H and O–H groups in total. The third-order valence-corrected chi connectivity index (χ3v) is 16.0. The van der Waals surface area contributed by atoms with Crippen LogP contribution in [0.15, 0.2) is 94.9 Å². The minimum atomic E-state index is 0.268. The van der Waals surface area contributed by atoms with Crippen LogP contribution in [0.4, 0.5) is 0 Å². The van der Waals surface area contributed by atoms with Crippen LogP contribution >= 0.6 is 23.2 Å². The number of benzene rings is 4. The smallest absolute Gasteiger partial charge is 0.0446 e. The van der Waals surface area contributed by atoms with E-state index in [4.69, 9.17) is 33.2 Å². The molecule has 0 bridgehead atoms. The van der Waals surface area contributed by atoms with E-state index in [0.29, 0.717) is 23.7 Å². The first kappa shape index (κ1) is 42.9. The zero-order valence-electron chi connectivity index (χ0n) is 36.7. The summed E-state index contributed by atoms with van der Waals surface area (Å²) in [4.78, 5) is 9.83. The molecule has 4 aliphatic carbocycles. The fourth-order valence-electron chi connectivity index (χ4n) is 12.2. The fraction of sp³-hybridized carbons (Fsp3) is 0.519. The maximum absolute atomic E-state index is 6.00. The third kappa shape index (κ3) is 8.81. The summed E-state index contributed by atoms with van der Waals surface area (Å²) in [6.45, 7) is 21.1. The first-order valence-corrected chi connectivity index (χ1v) is 23.2. The Balaban J connectivity index is 0.000000177. The number of hydrogen-bond donors (Lipinski definition) is 0. The van der Waals surface area contributed by atoms with Crippen LogP contribution in [-0.2, 0) is 23.7 Å². The number of rotatable bonds is 8. The lowest BCUT2D eigenvalue weighted by atomic mass is 9.50. The molecule has 0 aromatic heterocycles. The lowest BCUT2D eigenvalue weighted by Gasteiger charge is -2.55. The number of halogens is 2. The van der Waals surface area contributed by atoms with E-state index in [0.717, 1.165) is 34.3 Å². The summed E-state index contributed by atoms with van der Waals surface area (Å²) in [6.07, 6.45) is 16.8. The predicted octanol–water partition coefficient (Wildman–Crippen LogP) is 15.2. The van der Waals surface area contributed by atoms with Crippen molar-refractivity contribution in [3.8, 4) is 0 Å². The van der Waals surface area contributed by atoms with Crippen molar-refractivity contribution < 1.29 is 0 Å². The standard InChI is InChI=1S/2C27H34ClN/c2*1-19(2)21-8-12-24-22(16-21)9-13-25-26(3,14-5-15-27(24,25)4)18-29-17-20-6-10-23(28)11-7-20/h2*6-8,10-12,16-17,19,25H,5,9,13-15,18H2,1-4H3/t2*25-,26-,27+/m00/s1. The summed E-state index contributed by atoms with van der Waals surface area (Å²) in [7, 11) is 0. The van der Waals surface area contributed by atoms with Crippen LogP contribution in [0.5, 0.6) is 0 Å². The SMILES string of the molecule is CC(C)c1ccc2c(c1)CC[C@H]1[C@](C)(CN=Cc3ccc(Cl)cc3)CCC[C@]21C.CC(C)c1ccc2c(c1)CC[C@H]1[C@](C)(CN=Cc3ccc(Cl)cc3)CCC[C@]21C. The van der Waals surface area contributed by atoms with Gasteiger partial charge in [0.05, 0.1) is 0 Å². The molecule has 2 saturated carbocycles. The van der Waals surface area contributed by atoms with E-state index in [-0.39, 0.29) is 21.7 Å². The average molecular weight is 816 g/mol. The van der Waals surface area contributed by atoms with Crippen molar-refractivity contribution in [3.05, 3.63) is 139 Å². The van der Waals surface area contributed by atoms with E-state index in [1.807, 2.05) is 61.0 Å². The highest BCUT2D eigenvalue weighted by Gasteiger charge is 2.52. The van der Waals surface area contributed by atoms with Crippen LogP contribution in [-0.4, -0.2) is 25.5 Å². The number of hydrogen-bond acceptors (Lipinski definition) is 2. The summed E-state index contributed by atoms with van der Waals surface area (Å²) < 4.78 is 0. The Labute approximate surface area is 361 Å². The molecule has 4 aromatic carbocycles. The van der Waals surface area contributed by atoms with Crippen molar-refractivity contribution in [3.63, 3.8) is 0 Å². The molecule has 0 heterocycles. The van der Waals surface area contributed by atoms with E-state index in [1.165, 1.54) is 75.3 Å². The lowest BCUT2D eigenvalue weighted by molar-refractivity contribution is 0.0331. The maximum Gasteiger partial charge on any atom is 0.0446 e. The van der Waals surface area contributed by atoms with Gasteiger partial charge in [-0.05, 0) is 165 Å². The zero-order valence-corrected chi connectivity index (χ0v) is 38.2. The molecule has 2 fully saturated rings. The van der Waals surface area contributed by atoms with Gasteiger partial charge >= 0.3 is 0 Å². The molecule has 58 heavy (non-hydrogen) atoms. The molecule has 0 saturated heterocycles. The Morgan fingerprint density at radius 1 is 0.552 bits per heavy atom. The van der Waals surface area contributed by atoms with Gasteiger partial charge in [0, 0.05) is 35.6 Å². The minimum absolute atomic E-state index is 0.268. The Hall–Kier alpha value is -3.20. The molecule has 0 unspecified atom stereocenters. The molecular weight excluding hydrogens is 748 g/mol. The molecule has 8 rings (SSSR count). The molecule has 4 heteroatoms. The molecule has 2 nitrogen and oxygen atoms in total. The van der Waals surface area contributed by atoms with E-state index < -0.39 is 0 Å². The van der Waals surface area contributed by atoms with Gasteiger partial charge in [-0.25, -0.2) is 0 Å².